The van der Waals surface area contributed by atoms with Gasteiger partial charge in [-0.15, -0.1) is 0 Å². The number of ether oxygens (including phenoxy) is 1. The summed E-state index contributed by atoms with van der Waals surface area (Å²) in [5.41, 5.74) is 0.0603. The molecule has 0 radical (unpaired) electrons. The summed E-state index contributed by atoms with van der Waals surface area (Å²) in [6.07, 6.45) is 1.44. The van der Waals surface area contributed by atoms with E-state index in [4.69, 9.17) is 4.74 Å². The molecule has 3 atom stereocenters. The third kappa shape index (κ3) is 2.05. The Kier molecular flexibility index (Phi) is 3.70. The van der Waals surface area contributed by atoms with Gasteiger partial charge in [0, 0.05) is 18.1 Å². The average Bonchev–Trinajstić information content (AvgIpc) is 2.66. The molecule has 18 heavy (non-hydrogen) atoms. The van der Waals surface area contributed by atoms with Crippen LogP contribution in [0.3, 0.4) is 0 Å². The van der Waals surface area contributed by atoms with E-state index < -0.39 is 0 Å². The molecule has 1 saturated carbocycles. The molecule has 1 heterocycles. The molecular formula is C14H26N2O2. The van der Waals surface area contributed by atoms with Crippen LogP contribution in [0.2, 0.25) is 0 Å². The molecule has 1 amide bonds. The van der Waals surface area contributed by atoms with E-state index in [0.29, 0.717) is 18.5 Å². The average molecular weight is 254 g/mol. The Labute approximate surface area is 110 Å². The highest BCUT2D eigenvalue weighted by Crippen LogP contribution is 2.47. The second-order valence-electron chi connectivity index (χ2n) is 6.39. The first-order chi connectivity index (χ1) is 8.39. The zero-order valence-electron chi connectivity index (χ0n) is 12.2. The Morgan fingerprint density at radius 2 is 2.17 bits per heavy atom. The zero-order valence-corrected chi connectivity index (χ0v) is 12.2. The third-order valence-corrected chi connectivity index (χ3v) is 4.51. The Morgan fingerprint density at radius 3 is 2.67 bits per heavy atom. The van der Waals surface area contributed by atoms with Gasteiger partial charge in [-0.25, -0.2) is 0 Å². The molecular weight excluding hydrogens is 228 g/mol. The van der Waals surface area contributed by atoms with Gasteiger partial charge in [-0.3, -0.25) is 10.1 Å². The number of carbonyl (C=O) groups is 1. The fourth-order valence-corrected chi connectivity index (χ4v) is 3.28. The lowest BCUT2D eigenvalue weighted by Gasteiger charge is -2.56. The smallest absolute Gasteiger partial charge is 0.238 e. The van der Waals surface area contributed by atoms with E-state index in [-0.39, 0.29) is 23.6 Å². The van der Waals surface area contributed by atoms with Gasteiger partial charge in [0.25, 0.3) is 0 Å². The standard InChI is InChI=1S/C14H26N2O2/c1-6-18-11-7-10(14(11,4)5)16-12(17)8-15-13(16)9(2)3/h9-11,13,15H,6-8H2,1-5H3. The van der Waals surface area contributed by atoms with Gasteiger partial charge in [-0.1, -0.05) is 27.7 Å². The quantitative estimate of drug-likeness (QED) is 0.828. The topological polar surface area (TPSA) is 41.6 Å². The molecule has 4 nitrogen and oxygen atoms in total. The van der Waals surface area contributed by atoms with Gasteiger partial charge in [0.05, 0.1) is 18.8 Å². The number of nitrogens with zero attached hydrogens (tertiary/aromatic N) is 1. The Morgan fingerprint density at radius 1 is 1.50 bits per heavy atom. The number of carbonyl (C=O) groups excluding carboxylic acids is 1. The molecule has 2 rings (SSSR count). The highest BCUT2D eigenvalue weighted by molar-refractivity contribution is 5.81. The first-order valence-corrected chi connectivity index (χ1v) is 7.05. The van der Waals surface area contributed by atoms with Crippen molar-refractivity contribution in [1.82, 2.24) is 10.2 Å². The molecule has 1 aliphatic carbocycles. The van der Waals surface area contributed by atoms with Crippen molar-refractivity contribution < 1.29 is 9.53 Å². The Hall–Kier alpha value is -0.610. The summed E-state index contributed by atoms with van der Waals surface area (Å²) in [7, 11) is 0. The van der Waals surface area contributed by atoms with Crippen LogP contribution < -0.4 is 5.32 Å². The van der Waals surface area contributed by atoms with Crippen molar-refractivity contribution in [1.29, 1.82) is 0 Å². The van der Waals surface area contributed by atoms with Crippen LogP contribution in [0.25, 0.3) is 0 Å². The monoisotopic (exact) mass is 254 g/mol. The maximum Gasteiger partial charge on any atom is 0.238 e. The highest BCUT2D eigenvalue weighted by atomic mass is 16.5. The summed E-state index contributed by atoms with van der Waals surface area (Å²) < 4.78 is 5.76. The van der Waals surface area contributed by atoms with Crippen molar-refractivity contribution >= 4 is 5.91 Å². The molecule has 104 valence electrons. The van der Waals surface area contributed by atoms with Gasteiger partial charge in [0.15, 0.2) is 0 Å². The van der Waals surface area contributed by atoms with E-state index >= 15 is 0 Å². The SMILES string of the molecule is CCOC1CC(N2C(=O)CNC2C(C)C)C1(C)C. The van der Waals surface area contributed by atoms with E-state index in [2.05, 4.69) is 37.9 Å². The lowest BCUT2D eigenvalue weighted by molar-refractivity contribution is -0.169. The number of nitrogens with one attached hydrogen (secondary N) is 1. The summed E-state index contributed by atoms with van der Waals surface area (Å²) in [6, 6.07) is 0.309. The zero-order chi connectivity index (χ0) is 13.5. The second kappa shape index (κ2) is 4.82. The van der Waals surface area contributed by atoms with Gasteiger partial charge in [-0.05, 0) is 19.3 Å². The van der Waals surface area contributed by atoms with Crippen LogP contribution >= 0.6 is 0 Å². The maximum atomic E-state index is 12.1. The molecule has 2 aliphatic rings. The lowest BCUT2D eigenvalue weighted by Crippen LogP contribution is -2.65. The van der Waals surface area contributed by atoms with Crippen molar-refractivity contribution in [3.05, 3.63) is 0 Å². The Balaban J connectivity index is 2.10. The van der Waals surface area contributed by atoms with Crippen LogP contribution in [0, 0.1) is 11.3 Å². The normalized spacial score (nSPS) is 35.1. The van der Waals surface area contributed by atoms with Gasteiger partial charge in [-0.2, -0.15) is 0 Å². The van der Waals surface area contributed by atoms with Crippen molar-refractivity contribution in [3.63, 3.8) is 0 Å². The highest BCUT2D eigenvalue weighted by Gasteiger charge is 2.55. The second-order valence-corrected chi connectivity index (χ2v) is 6.39. The maximum absolute atomic E-state index is 12.1. The summed E-state index contributed by atoms with van der Waals surface area (Å²) >= 11 is 0. The molecule has 0 spiro atoms. The summed E-state index contributed by atoms with van der Waals surface area (Å²) in [5, 5.41) is 3.33. The number of hydrogen-bond acceptors (Lipinski definition) is 3. The largest absolute Gasteiger partial charge is 0.378 e. The van der Waals surface area contributed by atoms with E-state index in [9.17, 15) is 4.79 Å². The van der Waals surface area contributed by atoms with E-state index in [0.717, 1.165) is 13.0 Å². The minimum absolute atomic E-state index is 0.0603. The minimum atomic E-state index is 0.0603. The molecule has 0 aromatic carbocycles. The first kappa shape index (κ1) is 13.8. The molecule has 1 aliphatic heterocycles. The van der Waals surface area contributed by atoms with Gasteiger partial charge >= 0.3 is 0 Å². The molecule has 4 heteroatoms. The van der Waals surface area contributed by atoms with Crippen LogP contribution in [0.15, 0.2) is 0 Å². The van der Waals surface area contributed by atoms with Crippen LogP contribution in [-0.4, -0.2) is 42.3 Å². The van der Waals surface area contributed by atoms with Crippen LogP contribution in [0.4, 0.5) is 0 Å². The predicted octanol–water partition coefficient (Wildman–Crippen LogP) is 1.60. The number of amides is 1. The van der Waals surface area contributed by atoms with Crippen molar-refractivity contribution in [2.24, 2.45) is 11.3 Å². The predicted molar refractivity (Wildman–Crippen MR) is 71.1 cm³/mol. The number of hydrogen-bond donors (Lipinski definition) is 1. The van der Waals surface area contributed by atoms with Crippen LogP contribution in [0.1, 0.15) is 41.0 Å². The number of rotatable bonds is 4. The van der Waals surface area contributed by atoms with Crippen molar-refractivity contribution in [2.45, 2.75) is 59.4 Å². The van der Waals surface area contributed by atoms with Crippen molar-refractivity contribution in [2.75, 3.05) is 13.2 Å². The molecule has 0 bridgehead atoms. The first-order valence-electron chi connectivity index (χ1n) is 7.05. The molecule has 0 aromatic rings. The minimum Gasteiger partial charge on any atom is -0.378 e. The van der Waals surface area contributed by atoms with E-state index in [1.807, 2.05) is 6.92 Å². The summed E-state index contributed by atoms with van der Waals surface area (Å²) in [5.74, 6) is 0.681. The fourth-order valence-electron chi connectivity index (χ4n) is 3.28. The molecule has 1 saturated heterocycles. The fraction of sp³-hybridized carbons (Fsp3) is 0.929. The Bertz CT molecular complexity index is 328. The molecule has 1 N–H and O–H groups in total. The third-order valence-electron chi connectivity index (χ3n) is 4.51. The van der Waals surface area contributed by atoms with E-state index in [1.54, 1.807) is 0 Å². The summed E-state index contributed by atoms with van der Waals surface area (Å²) in [4.78, 5) is 14.2. The van der Waals surface area contributed by atoms with Gasteiger partial charge in [0.1, 0.15) is 0 Å². The van der Waals surface area contributed by atoms with Crippen LogP contribution in [-0.2, 0) is 9.53 Å². The summed E-state index contributed by atoms with van der Waals surface area (Å²) in [6.45, 7) is 12.0. The van der Waals surface area contributed by atoms with Crippen LogP contribution in [0.5, 0.6) is 0 Å². The van der Waals surface area contributed by atoms with Crippen molar-refractivity contribution in [3.8, 4) is 0 Å². The van der Waals surface area contributed by atoms with Gasteiger partial charge < -0.3 is 9.64 Å². The molecule has 2 fully saturated rings. The van der Waals surface area contributed by atoms with Gasteiger partial charge in [0.2, 0.25) is 5.91 Å². The molecule has 0 aromatic heterocycles. The molecule has 3 unspecified atom stereocenters. The lowest BCUT2D eigenvalue weighted by atomic mass is 9.63. The van der Waals surface area contributed by atoms with E-state index in [1.165, 1.54) is 0 Å².